The summed E-state index contributed by atoms with van der Waals surface area (Å²) in [6.45, 7) is 2.21. The molecule has 4 aromatic carbocycles. The zero-order valence-electron chi connectivity index (χ0n) is 19.6. The van der Waals surface area contributed by atoms with E-state index in [4.69, 9.17) is 28.2 Å². The average Bonchev–Trinajstić information content (AvgIpc) is 3.29. The van der Waals surface area contributed by atoms with Gasteiger partial charge in [-0.2, -0.15) is 0 Å². The van der Waals surface area contributed by atoms with Gasteiger partial charge >= 0.3 is 0 Å². The number of hydrogen-bond acceptors (Lipinski definition) is 1. The molecule has 0 saturated carbocycles. The van der Waals surface area contributed by atoms with Crippen LogP contribution in [0, 0.1) is 0 Å². The van der Waals surface area contributed by atoms with Gasteiger partial charge in [-0.25, -0.2) is 4.98 Å². The van der Waals surface area contributed by atoms with Crippen molar-refractivity contribution in [3.63, 3.8) is 0 Å². The molecule has 0 aliphatic carbocycles. The molecule has 0 radical (unpaired) electrons. The molecule has 0 unspecified atom stereocenters. The Morgan fingerprint density at radius 1 is 0.743 bits per heavy atom. The molecule has 0 atom stereocenters. The number of hydrogen-bond donors (Lipinski definition) is 0. The Morgan fingerprint density at radius 2 is 1.40 bits per heavy atom. The summed E-state index contributed by atoms with van der Waals surface area (Å²) in [7, 11) is 0. The Morgan fingerprint density at radius 3 is 2.03 bits per heavy atom. The third-order valence-electron chi connectivity index (χ3n) is 6.16. The van der Waals surface area contributed by atoms with E-state index in [2.05, 4.69) is 72.2 Å². The lowest BCUT2D eigenvalue weighted by atomic mass is 10.0. The minimum Gasteiger partial charge on any atom is -0.303 e. The highest BCUT2D eigenvalue weighted by atomic mass is 35.5. The number of benzene rings is 4. The SMILES string of the molecule is CCCc1ccc(-c2ccc(Cc3nc(-c4ccc(Cl)cc4Cl)cn3-c3ccccc3)cc2)cc1. The minimum atomic E-state index is 0.594. The molecule has 0 amide bonds. The van der Waals surface area contributed by atoms with Gasteiger partial charge in [-0.3, -0.25) is 0 Å². The molecule has 1 heterocycles. The van der Waals surface area contributed by atoms with E-state index in [1.165, 1.54) is 28.7 Å². The van der Waals surface area contributed by atoms with Crippen LogP contribution in [0.4, 0.5) is 0 Å². The van der Waals surface area contributed by atoms with Crippen LogP contribution in [0.3, 0.4) is 0 Å². The van der Waals surface area contributed by atoms with Crippen molar-refractivity contribution < 1.29 is 0 Å². The molecule has 174 valence electrons. The first-order chi connectivity index (χ1) is 17.1. The Hall–Kier alpha value is -3.33. The van der Waals surface area contributed by atoms with Crippen LogP contribution >= 0.6 is 23.2 Å². The largest absolute Gasteiger partial charge is 0.303 e. The van der Waals surface area contributed by atoms with Gasteiger partial charge in [-0.05, 0) is 59.0 Å². The highest BCUT2D eigenvalue weighted by molar-refractivity contribution is 6.36. The third kappa shape index (κ3) is 5.35. The van der Waals surface area contributed by atoms with E-state index in [1.807, 2.05) is 36.5 Å². The highest BCUT2D eigenvalue weighted by Crippen LogP contribution is 2.31. The van der Waals surface area contributed by atoms with Crippen LogP contribution in [0.2, 0.25) is 10.0 Å². The first-order valence-corrected chi connectivity index (χ1v) is 12.6. The first kappa shape index (κ1) is 23.4. The predicted octanol–water partition coefficient (Wildman–Crippen LogP) is 9.06. The molecule has 0 fully saturated rings. The molecule has 0 aliphatic heterocycles. The van der Waals surface area contributed by atoms with E-state index in [1.54, 1.807) is 6.07 Å². The normalized spacial score (nSPS) is 11.1. The van der Waals surface area contributed by atoms with Crippen molar-refractivity contribution in [1.82, 2.24) is 9.55 Å². The van der Waals surface area contributed by atoms with Gasteiger partial charge in [0.05, 0.1) is 10.7 Å². The summed E-state index contributed by atoms with van der Waals surface area (Å²) in [5.74, 6) is 0.953. The molecule has 0 N–H and O–H groups in total. The zero-order valence-corrected chi connectivity index (χ0v) is 21.1. The van der Waals surface area contributed by atoms with Gasteiger partial charge in [0, 0.05) is 28.9 Å². The van der Waals surface area contributed by atoms with E-state index in [0.29, 0.717) is 16.5 Å². The van der Waals surface area contributed by atoms with Gasteiger partial charge in [-0.1, -0.05) is 103 Å². The molecular weight excluding hydrogens is 471 g/mol. The lowest BCUT2D eigenvalue weighted by Crippen LogP contribution is -2.01. The second-order valence-corrected chi connectivity index (χ2v) is 9.54. The van der Waals surface area contributed by atoms with Crippen molar-refractivity contribution in [2.45, 2.75) is 26.2 Å². The van der Waals surface area contributed by atoms with Crippen molar-refractivity contribution in [2.24, 2.45) is 0 Å². The van der Waals surface area contributed by atoms with Crippen LogP contribution in [0.5, 0.6) is 0 Å². The Kier molecular flexibility index (Phi) is 7.03. The fraction of sp³-hybridized carbons (Fsp3) is 0.129. The summed E-state index contributed by atoms with van der Waals surface area (Å²) in [6, 6.07) is 33.4. The summed E-state index contributed by atoms with van der Waals surface area (Å²) in [6.07, 6.45) is 5.04. The smallest absolute Gasteiger partial charge is 0.118 e. The third-order valence-corrected chi connectivity index (χ3v) is 6.71. The minimum absolute atomic E-state index is 0.594. The van der Waals surface area contributed by atoms with Crippen molar-refractivity contribution >= 4 is 23.2 Å². The zero-order chi connectivity index (χ0) is 24.2. The van der Waals surface area contributed by atoms with Crippen molar-refractivity contribution in [2.75, 3.05) is 0 Å². The van der Waals surface area contributed by atoms with Gasteiger partial charge in [0.25, 0.3) is 0 Å². The summed E-state index contributed by atoms with van der Waals surface area (Å²) in [4.78, 5) is 4.99. The molecular formula is C31H26Cl2N2. The Bertz CT molecular complexity index is 1420. The highest BCUT2D eigenvalue weighted by Gasteiger charge is 2.14. The summed E-state index contributed by atoms with van der Waals surface area (Å²) in [5.41, 5.74) is 7.81. The second kappa shape index (κ2) is 10.5. The molecule has 0 saturated heterocycles. The first-order valence-electron chi connectivity index (χ1n) is 11.9. The number of aromatic nitrogens is 2. The number of nitrogens with zero attached hydrogens (tertiary/aromatic N) is 2. The van der Waals surface area contributed by atoms with E-state index < -0.39 is 0 Å². The van der Waals surface area contributed by atoms with E-state index in [-0.39, 0.29) is 0 Å². The maximum absolute atomic E-state index is 6.50. The van der Waals surface area contributed by atoms with E-state index in [9.17, 15) is 0 Å². The van der Waals surface area contributed by atoms with Crippen LogP contribution in [-0.4, -0.2) is 9.55 Å². The van der Waals surface area contributed by atoms with Crippen molar-refractivity contribution in [3.05, 3.63) is 130 Å². The fourth-order valence-corrected chi connectivity index (χ4v) is 4.84. The number of para-hydroxylation sites is 1. The number of rotatable bonds is 7. The van der Waals surface area contributed by atoms with Crippen LogP contribution in [0.1, 0.15) is 30.3 Å². The average molecular weight is 497 g/mol. The number of aryl methyl sites for hydroxylation is 1. The van der Waals surface area contributed by atoms with Gasteiger partial charge in [0.1, 0.15) is 5.82 Å². The lowest BCUT2D eigenvalue weighted by Gasteiger charge is -2.09. The molecule has 1 aromatic heterocycles. The Labute approximate surface area is 216 Å². The van der Waals surface area contributed by atoms with Gasteiger partial charge in [-0.15, -0.1) is 0 Å². The standard InChI is InChI=1S/C31H26Cl2N2/c1-2-6-22-9-13-24(14-10-22)25-15-11-23(12-16-25)19-31-34-30(28-18-17-26(32)20-29(28)33)21-35(31)27-7-4-3-5-8-27/h3-5,7-18,20-21H,2,6,19H2,1H3. The van der Waals surface area contributed by atoms with Crippen LogP contribution in [0.15, 0.2) is 103 Å². The van der Waals surface area contributed by atoms with Gasteiger partial charge < -0.3 is 4.57 Å². The van der Waals surface area contributed by atoms with Crippen LogP contribution in [-0.2, 0) is 12.8 Å². The molecule has 4 heteroatoms. The van der Waals surface area contributed by atoms with Crippen LogP contribution in [0.25, 0.3) is 28.1 Å². The summed E-state index contributed by atoms with van der Waals surface area (Å²) >= 11 is 12.6. The van der Waals surface area contributed by atoms with E-state index >= 15 is 0 Å². The van der Waals surface area contributed by atoms with Crippen molar-refractivity contribution in [3.8, 4) is 28.1 Å². The summed E-state index contributed by atoms with van der Waals surface area (Å²) < 4.78 is 2.14. The second-order valence-electron chi connectivity index (χ2n) is 8.69. The molecule has 2 nitrogen and oxygen atoms in total. The number of halogens is 2. The molecule has 0 aliphatic rings. The molecule has 0 bridgehead atoms. The molecule has 5 rings (SSSR count). The number of imidazole rings is 1. The Balaban J connectivity index is 1.45. The maximum Gasteiger partial charge on any atom is 0.118 e. The quantitative estimate of drug-likeness (QED) is 0.219. The lowest BCUT2D eigenvalue weighted by molar-refractivity contribution is 0.914. The monoisotopic (exact) mass is 496 g/mol. The van der Waals surface area contributed by atoms with Gasteiger partial charge in [0.2, 0.25) is 0 Å². The summed E-state index contributed by atoms with van der Waals surface area (Å²) in [5, 5.41) is 1.21. The molecule has 35 heavy (non-hydrogen) atoms. The topological polar surface area (TPSA) is 17.8 Å². The maximum atomic E-state index is 6.50. The van der Waals surface area contributed by atoms with Crippen LogP contribution < -0.4 is 0 Å². The fourth-order valence-electron chi connectivity index (χ4n) is 4.33. The van der Waals surface area contributed by atoms with E-state index in [0.717, 1.165) is 29.2 Å². The molecule has 5 aromatic rings. The predicted molar refractivity (Wildman–Crippen MR) is 148 cm³/mol. The molecule has 0 spiro atoms. The van der Waals surface area contributed by atoms with Gasteiger partial charge in [0.15, 0.2) is 0 Å². The van der Waals surface area contributed by atoms with Crippen molar-refractivity contribution in [1.29, 1.82) is 0 Å².